The molecule has 0 heterocycles. The van der Waals surface area contributed by atoms with Crippen molar-refractivity contribution in [3.8, 4) is 44.5 Å². The number of hydrogen-bond donors (Lipinski definition) is 0. The second kappa shape index (κ2) is 31.3. The van der Waals surface area contributed by atoms with Crippen LogP contribution in [-0.4, -0.2) is 36.2 Å². The summed E-state index contributed by atoms with van der Waals surface area (Å²) in [5, 5.41) is 7.00. The van der Waals surface area contributed by atoms with Crippen LogP contribution in [0, 0.1) is 0 Å². The van der Waals surface area contributed by atoms with E-state index in [1.807, 2.05) is 0 Å². The first-order valence-corrected chi connectivity index (χ1v) is 45.7. The van der Waals surface area contributed by atoms with E-state index in [0.717, 1.165) is 25.7 Å². The molecule has 0 N–H and O–H groups in total. The fourth-order valence-electron chi connectivity index (χ4n) is 15.9. The SMILES string of the molecule is C[CH]=[Ti-2]([CH]1C(CC)=Cc2c(-c3ccc(C(C)(C)C)cc3)cccc21)[CH]1C(CC)=Cc2c(-c3ccc(C(C)(C)C)cc3)cccc21.C[CH]=[Zr-5]([CH3])([CH]1C(CC)=Cc2c(-c3ccc(C(C)(C)C)cc3)cccc21)[CH]1C(CC)=Cc2c(-c3ccc(C(C)(C)C)cc3)cccc21.C[N-]C.C[N-]C. The molecular formula is C93H115N2TiZr-9. The smallest absolute Gasteiger partial charge is 0.162 e. The third-order valence-electron chi connectivity index (χ3n) is 21.4. The quantitative estimate of drug-likeness (QED) is 0.109. The molecule has 0 amide bonds. The predicted octanol–water partition coefficient (Wildman–Crippen LogP) is 26.7. The van der Waals surface area contributed by atoms with Crippen molar-refractivity contribution in [2.24, 2.45) is 0 Å². The predicted molar refractivity (Wildman–Crippen MR) is 426 cm³/mol. The molecule has 12 rings (SSSR count). The van der Waals surface area contributed by atoms with Crippen LogP contribution in [0.2, 0.25) is 4.63 Å². The minimum atomic E-state index is -3.14. The molecule has 8 aromatic rings. The summed E-state index contributed by atoms with van der Waals surface area (Å²) in [4.78, 5) is 0. The molecule has 0 fully saturated rings. The Morgan fingerprint density at radius 2 is 0.567 bits per heavy atom. The van der Waals surface area contributed by atoms with Gasteiger partial charge in [0.1, 0.15) is 0 Å². The van der Waals surface area contributed by atoms with Gasteiger partial charge in [0.25, 0.3) is 0 Å². The zero-order valence-corrected chi connectivity index (χ0v) is 67.7. The van der Waals surface area contributed by atoms with Crippen LogP contribution in [0.5, 0.6) is 0 Å². The van der Waals surface area contributed by atoms with Gasteiger partial charge in [-0.1, -0.05) is 0 Å². The minimum absolute atomic E-state index is 0.155. The number of allylic oxidation sites excluding steroid dienone is 4. The van der Waals surface area contributed by atoms with E-state index < -0.39 is 37.2 Å². The van der Waals surface area contributed by atoms with Crippen molar-refractivity contribution in [1.82, 2.24) is 0 Å². The van der Waals surface area contributed by atoms with Gasteiger partial charge >= 0.3 is 565 Å². The van der Waals surface area contributed by atoms with E-state index in [2.05, 4.69) is 342 Å². The first kappa shape index (κ1) is 75.2. The van der Waals surface area contributed by atoms with E-state index in [0.29, 0.717) is 15.7 Å². The second-order valence-electron chi connectivity index (χ2n) is 31.9. The van der Waals surface area contributed by atoms with Crippen molar-refractivity contribution in [2.45, 2.75) is 192 Å². The van der Waals surface area contributed by atoms with E-state index in [1.165, 1.54) is 89.0 Å². The molecule has 4 unspecified atom stereocenters. The molecule has 8 aromatic carbocycles. The van der Waals surface area contributed by atoms with Crippen molar-refractivity contribution < 1.29 is 37.2 Å². The molecule has 0 aromatic heterocycles. The Morgan fingerprint density at radius 1 is 0.340 bits per heavy atom. The first-order chi connectivity index (χ1) is 46.1. The monoisotopic (exact) mass is 1400 g/mol. The second-order valence-corrected chi connectivity index (χ2v) is 47.1. The summed E-state index contributed by atoms with van der Waals surface area (Å²) in [6, 6.07) is 65.8. The van der Waals surface area contributed by atoms with Crippen LogP contribution in [0.4, 0.5) is 0 Å². The van der Waals surface area contributed by atoms with Crippen molar-refractivity contribution in [2.75, 3.05) is 28.2 Å². The standard InChI is InChI=1S/4C21H23.2C2H6N.2C2H4.CH3.Ti.Zr/c4*1-5-15-13-17-7-6-8-19(20(17)14-15)16-9-11-18(12-10-16)21(2,3)4;2*1-3-2;2*1-2;;;/h4*6-14H,5H2,1-4H3;2*1-2H3;2*1H,2H3;1H3;;/q;;;;2*-1;;;;-2;-5. The molecule has 514 valence electrons. The van der Waals surface area contributed by atoms with Crippen LogP contribution in [0.25, 0.3) is 79.4 Å². The number of benzene rings is 8. The fourth-order valence-corrected chi connectivity index (χ4v) is 34.0. The van der Waals surface area contributed by atoms with Crippen molar-refractivity contribution in [3.05, 3.63) is 270 Å². The Bertz CT molecular complexity index is 4030. The summed E-state index contributed by atoms with van der Waals surface area (Å²) in [5.41, 5.74) is 35.7. The third kappa shape index (κ3) is 15.6. The van der Waals surface area contributed by atoms with E-state index in [9.17, 15) is 0 Å². The maximum atomic E-state index is 3.50. The van der Waals surface area contributed by atoms with Gasteiger partial charge in [-0.15, -0.1) is 0 Å². The van der Waals surface area contributed by atoms with E-state index in [-0.39, 0.29) is 21.7 Å². The van der Waals surface area contributed by atoms with Crippen LogP contribution in [0.1, 0.15) is 233 Å². The maximum absolute atomic E-state index is 3.50. The third-order valence-corrected chi connectivity index (χ3v) is 39.1. The van der Waals surface area contributed by atoms with Gasteiger partial charge in [-0.05, 0) is 0 Å². The number of nitrogens with zero attached hydrogens (tertiary/aromatic N) is 2. The summed E-state index contributed by atoms with van der Waals surface area (Å²) < 4.78 is 10.3. The normalized spacial score (nSPS) is 17.8. The number of fused-ring (bicyclic) bond motifs is 4. The fraction of sp³-hybridized carbons (Fsp3) is 0.376. The maximum Gasteiger partial charge on any atom is -0.162 e. The Morgan fingerprint density at radius 3 is 0.784 bits per heavy atom. The van der Waals surface area contributed by atoms with Crippen LogP contribution in [0.3, 0.4) is 0 Å². The summed E-state index contributed by atoms with van der Waals surface area (Å²) >= 11 is -5.01. The summed E-state index contributed by atoms with van der Waals surface area (Å²) in [5.74, 6) is 0. The van der Waals surface area contributed by atoms with Gasteiger partial charge in [0.2, 0.25) is 0 Å². The minimum Gasteiger partial charge on any atom is -0.668 e. The molecule has 4 aliphatic carbocycles. The van der Waals surface area contributed by atoms with Gasteiger partial charge in [0, 0.05) is 0 Å². The van der Waals surface area contributed by atoms with Crippen molar-refractivity contribution in [1.29, 1.82) is 0 Å². The van der Waals surface area contributed by atoms with Crippen LogP contribution in [-0.2, 0) is 58.8 Å². The molecular weight excluding hydrogens is 1280 g/mol. The van der Waals surface area contributed by atoms with Gasteiger partial charge in [-0.3, -0.25) is 0 Å². The number of rotatable bonds is 12. The molecule has 4 heteroatoms. The molecule has 0 radical (unpaired) electrons. The Hall–Kier alpha value is -6.02. The van der Waals surface area contributed by atoms with Crippen LogP contribution >= 0.6 is 0 Å². The Labute approximate surface area is 599 Å². The molecule has 2 nitrogen and oxygen atoms in total. The van der Waals surface area contributed by atoms with Gasteiger partial charge in [0.15, 0.2) is 0 Å². The van der Waals surface area contributed by atoms with E-state index >= 15 is 0 Å². The topological polar surface area (TPSA) is 28.2 Å². The van der Waals surface area contributed by atoms with E-state index in [1.54, 1.807) is 72.7 Å². The first-order valence-electron chi connectivity index (χ1n) is 36.3. The van der Waals surface area contributed by atoms with E-state index in [4.69, 9.17) is 0 Å². The molecule has 4 atom stereocenters. The number of hydrogen-bond acceptors (Lipinski definition) is 0. The van der Waals surface area contributed by atoms with Crippen molar-refractivity contribution >= 4 is 32.3 Å². The Kier molecular flexibility index (Phi) is 24.2. The average molecular weight is 1400 g/mol. The largest absolute Gasteiger partial charge is 0.668 e. The molecule has 0 spiro atoms. The van der Waals surface area contributed by atoms with Crippen molar-refractivity contribution in [3.63, 3.8) is 0 Å². The average Bonchev–Trinajstić information content (AvgIpc) is 1.58. The van der Waals surface area contributed by atoms with Gasteiger partial charge in [-0.25, -0.2) is 0 Å². The van der Waals surface area contributed by atoms with Gasteiger partial charge in [-0.2, -0.15) is 28.2 Å². The summed E-state index contributed by atoms with van der Waals surface area (Å²) in [6.45, 7) is 41.8. The summed E-state index contributed by atoms with van der Waals surface area (Å²) in [7, 11) is 7.00. The molecule has 97 heavy (non-hydrogen) atoms. The molecule has 0 bridgehead atoms. The van der Waals surface area contributed by atoms with Crippen LogP contribution in [0.15, 0.2) is 192 Å². The van der Waals surface area contributed by atoms with Gasteiger partial charge in [0.05, 0.1) is 0 Å². The molecule has 0 saturated carbocycles. The Balaban J connectivity index is 0.000000210. The van der Waals surface area contributed by atoms with Gasteiger partial charge < -0.3 is 10.6 Å². The zero-order chi connectivity index (χ0) is 70.5. The zero-order valence-electron chi connectivity index (χ0n) is 63.7. The molecule has 0 aliphatic heterocycles. The van der Waals surface area contributed by atoms with Crippen LogP contribution < -0.4 is 0 Å². The molecule has 4 aliphatic rings. The molecule has 0 saturated heterocycles. The summed E-state index contributed by atoms with van der Waals surface area (Å²) in [6.07, 6.45) is 14.7.